The first-order chi connectivity index (χ1) is 9.96. The standard InChI is InChI=1S/C19H32N2/c1-6-19(7-2)15-21(13-16(3)4)18(5,14-20-19)17-11-9-8-10-12-17/h8-12,16,20H,6-7,13-15H2,1-5H3. The first kappa shape index (κ1) is 16.5. The minimum Gasteiger partial charge on any atom is -0.308 e. The van der Waals surface area contributed by atoms with E-state index in [1.807, 2.05) is 0 Å². The van der Waals surface area contributed by atoms with Gasteiger partial charge < -0.3 is 5.32 Å². The molecule has 1 fully saturated rings. The summed E-state index contributed by atoms with van der Waals surface area (Å²) in [5, 5.41) is 3.88. The Kier molecular flexibility index (Phi) is 5.11. The predicted molar refractivity (Wildman–Crippen MR) is 91.5 cm³/mol. The molecule has 1 aromatic carbocycles. The molecule has 1 saturated heterocycles. The number of benzene rings is 1. The molecular formula is C19H32N2. The smallest absolute Gasteiger partial charge is 0.0558 e. The summed E-state index contributed by atoms with van der Waals surface area (Å²) < 4.78 is 0. The lowest BCUT2D eigenvalue weighted by Crippen LogP contribution is -2.67. The van der Waals surface area contributed by atoms with Gasteiger partial charge in [-0.1, -0.05) is 58.0 Å². The van der Waals surface area contributed by atoms with Crippen molar-refractivity contribution in [2.45, 2.75) is 58.5 Å². The minimum absolute atomic E-state index is 0.0966. The lowest BCUT2D eigenvalue weighted by molar-refractivity contribution is 0.000646. The van der Waals surface area contributed by atoms with E-state index in [9.17, 15) is 0 Å². The monoisotopic (exact) mass is 288 g/mol. The second-order valence-electron chi connectivity index (χ2n) is 7.26. The Morgan fingerprint density at radius 2 is 1.76 bits per heavy atom. The molecule has 1 aromatic rings. The molecule has 21 heavy (non-hydrogen) atoms. The van der Waals surface area contributed by atoms with Gasteiger partial charge in [0.25, 0.3) is 0 Å². The van der Waals surface area contributed by atoms with Gasteiger partial charge in [0.1, 0.15) is 0 Å². The van der Waals surface area contributed by atoms with Crippen LogP contribution in [0.4, 0.5) is 0 Å². The average Bonchev–Trinajstić information content (AvgIpc) is 2.50. The summed E-state index contributed by atoms with van der Waals surface area (Å²) in [6.07, 6.45) is 2.39. The number of nitrogens with zero attached hydrogens (tertiary/aromatic N) is 1. The maximum absolute atomic E-state index is 3.88. The second kappa shape index (κ2) is 6.50. The third-order valence-electron chi connectivity index (χ3n) is 5.33. The molecule has 2 heteroatoms. The van der Waals surface area contributed by atoms with Gasteiger partial charge in [-0.3, -0.25) is 4.90 Å². The summed E-state index contributed by atoms with van der Waals surface area (Å²) in [7, 11) is 0. The fraction of sp³-hybridized carbons (Fsp3) is 0.684. The molecule has 1 aliphatic rings. The molecule has 0 aromatic heterocycles. The third kappa shape index (κ3) is 3.32. The molecule has 0 bridgehead atoms. The zero-order valence-corrected chi connectivity index (χ0v) is 14.4. The van der Waals surface area contributed by atoms with E-state index in [-0.39, 0.29) is 11.1 Å². The maximum Gasteiger partial charge on any atom is 0.0558 e. The molecular weight excluding hydrogens is 256 g/mol. The molecule has 0 amide bonds. The molecule has 1 N–H and O–H groups in total. The van der Waals surface area contributed by atoms with Gasteiger partial charge >= 0.3 is 0 Å². The molecule has 1 heterocycles. The quantitative estimate of drug-likeness (QED) is 0.880. The maximum atomic E-state index is 3.88. The van der Waals surface area contributed by atoms with Gasteiger partial charge in [-0.05, 0) is 31.2 Å². The fourth-order valence-corrected chi connectivity index (χ4v) is 3.58. The number of nitrogens with one attached hydrogen (secondary N) is 1. The van der Waals surface area contributed by atoms with Crippen molar-refractivity contribution in [1.82, 2.24) is 10.2 Å². The van der Waals surface area contributed by atoms with Gasteiger partial charge in [0.2, 0.25) is 0 Å². The highest BCUT2D eigenvalue weighted by atomic mass is 15.3. The minimum atomic E-state index is 0.0966. The molecule has 2 rings (SSSR count). The molecule has 1 atom stereocenters. The van der Waals surface area contributed by atoms with Crippen LogP contribution in [0, 0.1) is 5.92 Å². The molecule has 118 valence electrons. The first-order valence-electron chi connectivity index (χ1n) is 8.51. The van der Waals surface area contributed by atoms with Gasteiger partial charge in [-0.15, -0.1) is 0 Å². The van der Waals surface area contributed by atoms with Gasteiger partial charge in [-0.25, -0.2) is 0 Å². The van der Waals surface area contributed by atoms with Crippen molar-refractivity contribution in [2.24, 2.45) is 5.92 Å². The Morgan fingerprint density at radius 1 is 1.14 bits per heavy atom. The fourth-order valence-electron chi connectivity index (χ4n) is 3.58. The molecule has 2 nitrogen and oxygen atoms in total. The summed E-state index contributed by atoms with van der Waals surface area (Å²) in [6, 6.07) is 11.0. The van der Waals surface area contributed by atoms with Crippen molar-refractivity contribution in [3.8, 4) is 0 Å². The highest BCUT2D eigenvalue weighted by Crippen LogP contribution is 2.35. The van der Waals surface area contributed by atoms with E-state index in [1.165, 1.54) is 18.4 Å². The van der Waals surface area contributed by atoms with Crippen molar-refractivity contribution in [3.05, 3.63) is 35.9 Å². The molecule has 1 aliphatic heterocycles. The van der Waals surface area contributed by atoms with Crippen LogP contribution in [-0.2, 0) is 5.54 Å². The molecule has 0 spiro atoms. The Balaban J connectivity index is 2.32. The van der Waals surface area contributed by atoms with Crippen molar-refractivity contribution < 1.29 is 0 Å². The van der Waals surface area contributed by atoms with Crippen LogP contribution < -0.4 is 5.32 Å². The zero-order valence-electron chi connectivity index (χ0n) is 14.4. The largest absolute Gasteiger partial charge is 0.308 e. The highest BCUT2D eigenvalue weighted by Gasteiger charge is 2.44. The van der Waals surface area contributed by atoms with Crippen LogP contribution in [0.3, 0.4) is 0 Å². The normalized spacial score (nSPS) is 26.2. The average molecular weight is 288 g/mol. The van der Waals surface area contributed by atoms with Gasteiger partial charge in [0.15, 0.2) is 0 Å². The van der Waals surface area contributed by atoms with E-state index in [0.29, 0.717) is 5.92 Å². The van der Waals surface area contributed by atoms with Gasteiger partial charge in [-0.2, -0.15) is 0 Å². The molecule has 0 aliphatic carbocycles. The van der Waals surface area contributed by atoms with Gasteiger partial charge in [0.05, 0.1) is 5.54 Å². The van der Waals surface area contributed by atoms with Gasteiger partial charge in [0, 0.05) is 25.2 Å². The summed E-state index contributed by atoms with van der Waals surface area (Å²) in [5.41, 5.74) is 1.81. The van der Waals surface area contributed by atoms with Crippen LogP contribution in [0.2, 0.25) is 0 Å². The van der Waals surface area contributed by atoms with Crippen LogP contribution in [0.1, 0.15) is 53.0 Å². The lowest BCUT2D eigenvalue weighted by Gasteiger charge is -2.54. The predicted octanol–water partition coefficient (Wildman–Crippen LogP) is 4.02. The van der Waals surface area contributed by atoms with Crippen LogP contribution in [0.25, 0.3) is 0 Å². The van der Waals surface area contributed by atoms with Crippen LogP contribution >= 0.6 is 0 Å². The van der Waals surface area contributed by atoms with E-state index >= 15 is 0 Å². The SMILES string of the molecule is CCC1(CC)CN(CC(C)C)C(C)(c2ccccc2)CN1. The third-order valence-corrected chi connectivity index (χ3v) is 5.33. The van der Waals surface area contributed by atoms with Crippen LogP contribution in [-0.4, -0.2) is 30.1 Å². The summed E-state index contributed by atoms with van der Waals surface area (Å²) >= 11 is 0. The van der Waals surface area contributed by atoms with Crippen molar-refractivity contribution >= 4 is 0 Å². The van der Waals surface area contributed by atoms with Crippen LogP contribution in [0.15, 0.2) is 30.3 Å². The summed E-state index contributed by atoms with van der Waals surface area (Å²) in [4.78, 5) is 2.72. The van der Waals surface area contributed by atoms with E-state index in [2.05, 4.69) is 75.2 Å². The number of piperazine rings is 1. The Hall–Kier alpha value is -0.860. The number of rotatable bonds is 5. The van der Waals surface area contributed by atoms with E-state index in [4.69, 9.17) is 0 Å². The summed E-state index contributed by atoms with van der Waals surface area (Å²) in [6.45, 7) is 15.0. The van der Waals surface area contributed by atoms with E-state index in [1.54, 1.807) is 0 Å². The summed E-state index contributed by atoms with van der Waals surface area (Å²) in [5.74, 6) is 0.692. The van der Waals surface area contributed by atoms with Crippen molar-refractivity contribution in [1.29, 1.82) is 0 Å². The molecule has 0 radical (unpaired) electrons. The number of hydrogen-bond acceptors (Lipinski definition) is 2. The highest BCUT2D eigenvalue weighted by molar-refractivity contribution is 5.26. The van der Waals surface area contributed by atoms with Crippen molar-refractivity contribution in [2.75, 3.05) is 19.6 Å². The lowest BCUT2D eigenvalue weighted by atomic mass is 9.80. The Labute approximate surface area is 130 Å². The zero-order chi connectivity index (χ0) is 15.5. The molecule has 0 saturated carbocycles. The Morgan fingerprint density at radius 3 is 2.29 bits per heavy atom. The topological polar surface area (TPSA) is 15.3 Å². The number of hydrogen-bond donors (Lipinski definition) is 1. The molecule has 1 unspecified atom stereocenters. The first-order valence-corrected chi connectivity index (χ1v) is 8.51. The van der Waals surface area contributed by atoms with E-state index in [0.717, 1.165) is 19.6 Å². The van der Waals surface area contributed by atoms with Crippen LogP contribution in [0.5, 0.6) is 0 Å². The van der Waals surface area contributed by atoms with E-state index < -0.39 is 0 Å². The Bertz CT molecular complexity index is 436. The van der Waals surface area contributed by atoms with Crippen molar-refractivity contribution in [3.63, 3.8) is 0 Å². The second-order valence-corrected chi connectivity index (χ2v) is 7.26.